The van der Waals surface area contributed by atoms with Crippen molar-refractivity contribution < 1.29 is 23.7 Å². The molecule has 1 aliphatic rings. The maximum atomic E-state index is 11.8. The summed E-state index contributed by atoms with van der Waals surface area (Å²) in [6.45, 7) is 1.60. The molecule has 0 N–H and O–H groups in total. The standard InChI is InChI=1S/C31H31NO5/c33-19-27-17-10-18-32(27)31-30(36-22-26-15-8-3-9-16-26)29(35-21-25-13-6-2-7-14-25)28(37-31)23-34-20-24-11-4-1-5-12-24/h1-19,28-31H,20-23H2/t28-,29-,30-,31?/m1/s1. The maximum absolute atomic E-state index is 11.8. The zero-order valence-corrected chi connectivity index (χ0v) is 20.6. The van der Waals surface area contributed by atoms with Gasteiger partial charge in [0.25, 0.3) is 0 Å². The first kappa shape index (κ1) is 25.1. The molecule has 1 aromatic heterocycles. The van der Waals surface area contributed by atoms with Crippen molar-refractivity contribution in [1.82, 2.24) is 4.57 Å². The summed E-state index contributed by atoms with van der Waals surface area (Å²) < 4.78 is 27.4. The zero-order valence-electron chi connectivity index (χ0n) is 20.6. The lowest BCUT2D eigenvalue weighted by Crippen LogP contribution is -2.38. The lowest BCUT2D eigenvalue weighted by Gasteiger charge is -2.26. The molecule has 1 fully saturated rings. The molecule has 2 heterocycles. The first-order valence-electron chi connectivity index (χ1n) is 12.5. The molecule has 0 saturated carbocycles. The second-order valence-electron chi connectivity index (χ2n) is 9.05. The summed E-state index contributed by atoms with van der Waals surface area (Å²) in [5.74, 6) is 0. The molecule has 6 nitrogen and oxygen atoms in total. The molecule has 5 rings (SSSR count). The molecule has 0 amide bonds. The van der Waals surface area contributed by atoms with Gasteiger partial charge in [0.2, 0.25) is 0 Å². The highest BCUT2D eigenvalue weighted by atomic mass is 16.6. The van der Waals surface area contributed by atoms with E-state index in [0.717, 1.165) is 23.0 Å². The summed E-state index contributed by atoms with van der Waals surface area (Å²) in [4.78, 5) is 11.8. The van der Waals surface area contributed by atoms with Gasteiger partial charge in [-0.05, 0) is 28.8 Å². The molecule has 6 heteroatoms. The van der Waals surface area contributed by atoms with E-state index < -0.39 is 18.4 Å². The number of carbonyl (C=O) groups excluding carboxylic acids is 1. The van der Waals surface area contributed by atoms with E-state index in [4.69, 9.17) is 18.9 Å². The van der Waals surface area contributed by atoms with Crippen LogP contribution in [0.1, 0.15) is 33.4 Å². The van der Waals surface area contributed by atoms with Crippen LogP contribution < -0.4 is 0 Å². The largest absolute Gasteiger partial charge is 0.374 e. The SMILES string of the molecule is O=Cc1cccn1C1O[C@H](COCc2ccccc2)[C@@H](OCc2ccccc2)[C@H]1OCc1ccccc1. The minimum atomic E-state index is -0.537. The van der Waals surface area contributed by atoms with Crippen molar-refractivity contribution in [3.8, 4) is 0 Å². The van der Waals surface area contributed by atoms with Crippen LogP contribution >= 0.6 is 0 Å². The first-order chi connectivity index (χ1) is 18.3. The highest BCUT2D eigenvalue weighted by molar-refractivity contribution is 5.72. The Kier molecular flexibility index (Phi) is 8.56. The molecule has 1 aliphatic heterocycles. The van der Waals surface area contributed by atoms with Gasteiger partial charge < -0.3 is 23.5 Å². The van der Waals surface area contributed by atoms with Gasteiger partial charge in [0.1, 0.15) is 18.3 Å². The molecule has 4 aromatic rings. The van der Waals surface area contributed by atoms with Crippen LogP contribution in [0.2, 0.25) is 0 Å². The second kappa shape index (κ2) is 12.6. The third-order valence-electron chi connectivity index (χ3n) is 6.46. The number of benzene rings is 3. The molecule has 1 saturated heterocycles. The van der Waals surface area contributed by atoms with E-state index in [1.165, 1.54) is 0 Å². The van der Waals surface area contributed by atoms with E-state index in [1.807, 2.05) is 108 Å². The summed E-state index contributed by atoms with van der Waals surface area (Å²) in [5.41, 5.74) is 3.72. The zero-order chi connectivity index (χ0) is 25.3. The van der Waals surface area contributed by atoms with Crippen molar-refractivity contribution in [1.29, 1.82) is 0 Å². The summed E-state index contributed by atoms with van der Waals surface area (Å²) in [7, 11) is 0. The van der Waals surface area contributed by atoms with Crippen LogP contribution in [0.3, 0.4) is 0 Å². The van der Waals surface area contributed by atoms with Crippen molar-refractivity contribution >= 4 is 6.29 Å². The summed E-state index contributed by atoms with van der Waals surface area (Å²) in [6.07, 6.45) is 0.878. The molecule has 1 unspecified atom stereocenters. The van der Waals surface area contributed by atoms with Gasteiger partial charge in [-0.1, -0.05) is 91.0 Å². The van der Waals surface area contributed by atoms with Gasteiger partial charge in [0.15, 0.2) is 12.5 Å². The van der Waals surface area contributed by atoms with Gasteiger partial charge in [-0.15, -0.1) is 0 Å². The van der Waals surface area contributed by atoms with Crippen molar-refractivity contribution in [2.24, 2.45) is 0 Å². The normalized spacial score (nSPS) is 21.2. The average molecular weight is 498 g/mol. The van der Waals surface area contributed by atoms with Crippen molar-refractivity contribution in [2.75, 3.05) is 6.61 Å². The Labute approximate surface area is 217 Å². The minimum absolute atomic E-state index is 0.327. The number of ether oxygens (including phenoxy) is 4. The predicted molar refractivity (Wildman–Crippen MR) is 140 cm³/mol. The molecule has 0 aliphatic carbocycles. The van der Waals surface area contributed by atoms with Gasteiger partial charge in [0, 0.05) is 6.20 Å². The fourth-order valence-electron chi connectivity index (χ4n) is 4.58. The van der Waals surface area contributed by atoms with Crippen LogP contribution in [0.5, 0.6) is 0 Å². The second-order valence-corrected chi connectivity index (χ2v) is 9.05. The molecular formula is C31H31NO5. The maximum Gasteiger partial charge on any atom is 0.166 e. The van der Waals surface area contributed by atoms with Crippen molar-refractivity contribution in [2.45, 2.75) is 44.4 Å². The first-order valence-corrected chi connectivity index (χ1v) is 12.5. The number of rotatable bonds is 12. The van der Waals surface area contributed by atoms with E-state index >= 15 is 0 Å². The Morgan fingerprint density at radius 2 is 1.22 bits per heavy atom. The lowest BCUT2D eigenvalue weighted by atomic mass is 10.1. The van der Waals surface area contributed by atoms with Gasteiger partial charge in [-0.2, -0.15) is 0 Å². The van der Waals surface area contributed by atoms with Gasteiger partial charge in [-0.3, -0.25) is 4.79 Å². The van der Waals surface area contributed by atoms with Crippen LogP contribution in [0.4, 0.5) is 0 Å². The fourth-order valence-corrected chi connectivity index (χ4v) is 4.58. The third-order valence-corrected chi connectivity index (χ3v) is 6.46. The van der Waals surface area contributed by atoms with Crippen LogP contribution in [0.15, 0.2) is 109 Å². The molecule has 37 heavy (non-hydrogen) atoms. The number of hydrogen-bond donors (Lipinski definition) is 0. The van der Waals surface area contributed by atoms with Crippen LogP contribution in [0, 0.1) is 0 Å². The van der Waals surface area contributed by atoms with E-state index in [1.54, 1.807) is 6.07 Å². The molecular weight excluding hydrogens is 466 g/mol. The van der Waals surface area contributed by atoms with E-state index in [9.17, 15) is 4.79 Å². The highest BCUT2D eigenvalue weighted by Gasteiger charge is 2.47. The third kappa shape index (κ3) is 6.42. The van der Waals surface area contributed by atoms with Crippen molar-refractivity contribution in [3.63, 3.8) is 0 Å². The smallest absolute Gasteiger partial charge is 0.166 e. The predicted octanol–water partition coefficient (Wildman–Crippen LogP) is 5.59. The van der Waals surface area contributed by atoms with Crippen molar-refractivity contribution in [3.05, 3.63) is 132 Å². The fraction of sp³-hybridized carbons (Fsp3) is 0.258. The quantitative estimate of drug-likeness (QED) is 0.239. The summed E-state index contributed by atoms with van der Waals surface area (Å²) in [5, 5.41) is 0. The van der Waals surface area contributed by atoms with Gasteiger partial charge >= 0.3 is 0 Å². The number of hydrogen-bond acceptors (Lipinski definition) is 5. The van der Waals surface area contributed by atoms with E-state index in [-0.39, 0.29) is 6.10 Å². The molecule has 0 bridgehead atoms. The molecule has 190 valence electrons. The lowest BCUT2D eigenvalue weighted by molar-refractivity contribution is -0.0917. The van der Waals surface area contributed by atoms with E-state index in [2.05, 4.69) is 0 Å². The number of aldehydes is 1. The number of aromatic nitrogens is 1. The van der Waals surface area contributed by atoms with E-state index in [0.29, 0.717) is 32.1 Å². The number of carbonyl (C=O) groups is 1. The average Bonchev–Trinajstić information content (AvgIpc) is 3.56. The topological polar surface area (TPSA) is 58.9 Å². The Morgan fingerprint density at radius 1 is 0.676 bits per heavy atom. The van der Waals surface area contributed by atoms with Gasteiger partial charge in [0.05, 0.1) is 32.1 Å². The highest BCUT2D eigenvalue weighted by Crippen LogP contribution is 2.36. The molecule has 0 radical (unpaired) electrons. The van der Waals surface area contributed by atoms with Gasteiger partial charge in [-0.25, -0.2) is 0 Å². The Morgan fingerprint density at radius 3 is 1.78 bits per heavy atom. The van der Waals surface area contributed by atoms with Crippen LogP contribution in [-0.2, 0) is 38.8 Å². The summed E-state index contributed by atoms with van der Waals surface area (Å²) >= 11 is 0. The monoisotopic (exact) mass is 497 g/mol. The minimum Gasteiger partial charge on any atom is -0.374 e. The Bertz CT molecular complexity index is 1230. The number of nitrogens with zero attached hydrogens (tertiary/aromatic N) is 1. The summed E-state index contributed by atoms with van der Waals surface area (Å²) in [6, 6.07) is 33.7. The molecule has 3 aromatic carbocycles. The molecule has 4 atom stereocenters. The Hall–Kier alpha value is -3.55. The molecule has 0 spiro atoms. The van der Waals surface area contributed by atoms with Crippen LogP contribution in [0.25, 0.3) is 0 Å². The van der Waals surface area contributed by atoms with Crippen LogP contribution in [-0.4, -0.2) is 35.8 Å². The Balaban J connectivity index is 1.38.